The first-order valence-corrected chi connectivity index (χ1v) is 7.07. The van der Waals surface area contributed by atoms with Crippen LogP contribution >= 0.6 is 11.6 Å². The van der Waals surface area contributed by atoms with E-state index < -0.39 is 0 Å². The number of likely N-dealkylation sites (N-methyl/N-ethyl adjacent to an activating group) is 1. The zero-order valence-electron chi connectivity index (χ0n) is 11.3. The maximum Gasteiger partial charge on any atom is 0.128 e. The number of hydrogen-bond acceptors (Lipinski definition) is 3. The van der Waals surface area contributed by atoms with Crippen LogP contribution in [0.3, 0.4) is 0 Å². The molecule has 1 atom stereocenters. The SMILES string of the molecule is CN1CCCN(C(CN)c2cc(Cl)ccc2F)CC1. The molecule has 1 unspecified atom stereocenters. The van der Waals surface area contributed by atoms with Crippen LogP contribution in [0.15, 0.2) is 18.2 Å². The van der Waals surface area contributed by atoms with Gasteiger partial charge in [-0.05, 0) is 38.2 Å². The smallest absolute Gasteiger partial charge is 0.128 e. The quantitative estimate of drug-likeness (QED) is 0.923. The zero-order valence-corrected chi connectivity index (χ0v) is 12.0. The number of nitrogens with two attached hydrogens (primary N) is 1. The Bertz CT molecular complexity index is 427. The van der Waals surface area contributed by atoms with Crippen LogP contribution in [0.5, 0.6) is 0 Å². The first-order valence-electron chi connectivity index (χ1n) is 6.69. The highest BCUT2D eigenvalue weighted by molar-refractivity contribution is 6.30. The van der Waals surface area contributed by atoms with Crippen molar-refractivity contribution >= 4 is 11.6 Å². The standard InChI is InChI=1S/C14H21ClFN3/c1-18-5-2-6-19(8-7-18)14(10-17)12-9-11(15)3-4-13(12)16/h3-4,9,14H,2,5-8,10,17H2,1H3. The van der Waals surface area contributed by atoms with Crippen molar-refractivity contribution in [1.82, 2.24) is 9.80 Å². The van der Waals surface area contributed by atoms with Crippen LogP contribution in [0.1, 0.15) is 18.0 Å². The molecule has 0 aliphatic carbocycles. The highest BCUT2D eigenvalue weighted by atomic mass is 35.5. The van der Waals surface area contributed by atoms with Gasteiger partial charge in [0.15, 0.2) is 0 Å². The van der Waals surface area contributed by atoms with E-state index in [2.05, 4.69) is 16.8 Å². The summed E-state index contributed by atoms with van der Waals surface area (Å²) >= 11 is 5.98. The Balaban J connectivity index is 2.21. The van der Waals surface area contributed by atoms with Crippen molar-refractivity contribution in [2.24, 2.45) is 5.73 Å². The van der Waals surface area contributed by atoms with Gasteiger partial charge in [0.1, 0.15) is 5.82 Å². The minimum atomic E-state index is -0.225. The lowest BCUT2D eigenvalue weighted by atomic mass is 10.0. The van der Waals surface area contributed by atoms with Gasteiger partial charge in [0.05, 0.1) is 6.04 Å². The predicted octanol–water partition coefficient (Wildman–Crippen LogP) is 2.12. The summed E-state index contributed by atoms with van der Waals surface area (Å²) in [5.74, 6) is -0.225. The first-order chi connectivity index (χ1) is 9.11. The summed E-state index contributed by atoms with van der Waals surface area (Å²) in [5.41, 5.74) is 6.49. The highest BCUT2D eigenvalue weighted by Crippen LogP contribution is 2.26. The molecule has 0 aromatic heterocycles. The molecule has 106 valence electrons. The summed E-state index contributed by atoms with van der Waals surface area (Å²) in [4.78, 5) is 4.56. The molecule has 0 spiro atoms. The van der Waals surface area contributed by atoms with Crippen LogP contribution < -0.4 is 5.73 Å². The molecule has 1 aliphatic heterocycles. The molecule has 1 saturated heterocycles. The second-order valence-electron chi connectivity index (χ2n) is 5.11. The number of halogens is 2. The van der Waals surface area contributed by atoms with Gasteiger partial charge < -0.3 is 10.6 Å². The molecule has 1 aromatic carbocycles. The first kappa shape index (κ1) is 14.7. The Morgan fingerprint density at radius 1 is 1.32 bits per heavy atom. The van der Waals surface area contributed by atoms with Crippen LogP contribution in [0, 0.1) is 5.82 Å². The molecule has 2 rings (SSSR count). The summed E-state index contributed by atoms with van der Waals surface area (Å²) in [6.45, 7) is 4.31. The van der Waals surface area contributed by atoms with Gasteiger partial charge in [-0.25, -0.2) is 4.39 Å². The molecular formula is C14H21ClFN3. The Morgan fingerprint density at radius 2 is 2.11 bits per heavy atom. The number of hydrogen-bond donors (Lipinski definition) is 1. The lowest BCUT2D eigenvalue weighted by Crippen LogP contribution is -2.37. The zero-order chi connectivity index (χ0) is 13.8. The molecule has 0 saturated carbocycles. The van der Waals surface area contributed by atoms with Crippen molar-refractivity contribution in [2.75, 3.05) is 39.8 Å². The normalized spacial score (nSPS) is 20.2. The second-order valence-corrected chi connectivity index (χ2v) is 5.55. The van der Waals surface area contributed by atoms with Crippen molar-refractivity contribution in [3.63, 3.8) is 0 Å². The number of rotatable bonds is 3. The van der Waals surface area contributed by atoms with Crippen LogP contribution in [0.25, 0.3) is 0 Å². The van der Waals surface area contributed by atoms with Gasteiger partial charge in [-0.2, -0.15) is 0 Å². The number of benzene rings is 1. The predicted molar refractivity (Wildman–Crippen MR) is 76.9 cm³/mol. The molecule has 1 aliphatic rings. The molecule has 0 radical (unpaired) electrons. The van der Waals surface area contributed by atoms with Crippen LogP contribution in [-0.2, 0) is 0 Å². The molecule has 2 N–H and O–H groups in total. The summed E-state index contributed by atoms with van der Waals surface area (Å²) < 4.78 is 14.0. The Morgan fingerprint density at radius 3 is 2.84 bits per heavy atom. The largest absolute Gasteiger partial charge is 0.329 e. The third kappa shape index (κ3) is 3.66. The van der Waals surface area contributed by atoms with E-state index in [0.29, 0.717) is 17.1 Å². The summed E-state index contributed by atoms with van der Waals surface area (Å²) in [5, 5.41) is 0.557. The fraction of sp³-hybridized carbons (Fsp3) is 0.571. The fourth-order valence-corrected chi connectivity index (χ4v) is 2.80. The van der Waals surface area contributed by atoms with Crippen molar-refractivity contribution in [3.05, 3.63) is 34.6 Å². The monoisotopic (exact) mass is 285 g/mol. The van der Waals surface area contributed by atoms with Gasteiger partial charge in [-0.15, -0.1) is 0 Å². The van der Waals surface area contributed by atoms with E-state index in [0.717, 1.165) is 32.6 Å². The lowest BCUT2D eigenvalue weighted by Gasteiger charge is -2.30. The molecule has 1 fully saturated rings. The highest BCUT2D eigenvalue weighted by Gasteiger charge is 2.23. The topological polar surface area (TPSA) is 32.5 Å². The fourth-order valence-electron chi connectivity index (χ4n) is 2.62. The molecule has 3 nitrogen and oxygen atoms in total. The van der Waals surface area contributed by atoms with E-state index in [4.69, 9.17) is 17.3 Å². The van der Waals surface area contributed by atoms with Gasteiger partial charge in [-0.3, -0.25) is 4.90 Å². The Labute approximate surface area is 119 Å². The van der Waals surface area contributed by atoms with Crippen molar-refractivity contribution in [2.45, 2.75) is 12.5 Å². The van der Waals surface area contributed by atoms with Gasteiger partial charge in [0.25, 0.3) is 0 Å². The molecule has 0 amide bonds. The Kier molecular flexibility index (Phi) is 5.16. The van der Waals surface area contributed by atoms with Gasteiger partial charge in [0, 0.05) is 36.8 Å². The average molecular weight is 286 g/mol. The van der Waals surface area contributed by atoms with Gasteiger partial charge in [0.2, 0.25) is 0 Å². The second kappa shape index (κ2) is 6.66. The molecule has 1 aromatic rings. The van der Waals surface area contributed by atoms with E-state index in [1.807, 2.05) is 0 Å². The minimum Gasteiger partial charge on any atom is -0.329 e. The maximum atomic E-state index is 14.0. The molecule has 19 heavy (non-hydrogen) atoms. The third-order valence-electron chi connectivity index (χ3n) is 3.74. The van der Waals surface area contributed by atoms with E-state index in [9.17, 15) is 4.39 Å². The molecule has 0 bridgehead atoms. The third-order valence-corrected chi connectivity index (χ3v) is 3.97. The van der Waals surface area contributed by atoms with Crippen LogP contribution in [0.2, 0.25) is 5.02 Å². The number of nitrogens with zero attached hydrogens (tertiary/aromatic N) is 2. The van der Waals surface area contributed by atoms with E-state index in [1.165, 1.54) is 6.07 Å². The molecule has 1 heterocycles. The van der Waals surface area contributed by atoms with E-state index in [1.54, 1.807) is 12.1 Å². The average Bonchev–Trinajstić information content (AvgIpc) is 2.60. The van der Waals surface area contributed by atoms with Gasteiger partial charge in [-0.1, -0.05) is 11.6 Å². The van der Waals surface area contributed by atoms with E-state index >= 15 is 0 Å². The summed E-state index contributed by atoms with van der Waals surface area (Å²) in [6, 6.07) is 4.60. The maximum absolute atomic E-state index is 14.0. The van der Waals surface area contributed by atoms with Crippen molar-refractivity contribution < 1.29 is 4.39 Å². The minimum absolute atomic E-state index is 0.0924. The van der Waals surface area contributed by atoms with Crippen molar-refractivity contribution in [1.29, 1.82) is 0 Å². The van der Waals surface area contributed by atoms with E-state index in [-0.39, 0.29) is 11.9 Å². The molecular weight excluding hydrogens is 265 g/mol. The Hall–Kier alpha value is -0.680. The van der Waals surface area contributed by atoms with Gasteiger partial charge >= 0.3 is 0 Å². The lowest BCUT2D eigenvalue weighted by molar-refractivity contribution is 0.204. The summed E-state index contributed by atoms with van der Waals surface area (Å²) in [6.07, 6.45) is 1.08. The van der Waals surface area contributed by atoms with Crippen molar-refractivity contribution in [3.8, 4) is 0 Å². The molecule has 5 heteroatoms. The van der Waals surface area contributed by atoms with Crippen LogP contribution in [0.4, 0.5) is 4.39 Å². The summed E-state index contributed by atoms with van der Waals surface area (Å²) in [7, 11) is 2.11. The van der Waals surface area contributed by atoms with Crippen LogP contribution in [-0.4, -0.2) is 49.6 Å².